The maximum absolute atomic E-state index is 7.65. The Morgan fingerprint density at radius 2 is 2.25 bits per heavy atom. The summed E-state index contributed by atoms with van der Waals surface area (Å²) in [6, 6.07) is 0. The van der Waals surface area contributed by atoms with E-state index < -0.39 is 0 Å². The molecule has 0 aliphatic carbocycles. The van der Waals surface area contributed by atoms with E-state index in [1.165, 1.54) is 7.11 Å². The molecule has 0 saturated carbocycles. The third-order valence-electron chi connectivity index (χ3n) is 0.129. The summed E-state index contributed by atoms with van der Waals surface area (Å²) >= 11 is 0. The number of hydrogen-bond donors (Lipinski definition) is 1. The van der Waals surface area contributed by atoms with Crippen LogP contribution in [0.2, 0.25) is 0 Å². The first-order valence-corrected chi connectivity index (χ1v) is 1.01. The van der Waals surface area contributed by atoms with Crippen LogP contribution in [-0.4, -0.2) is 19.8 Å². The monoisotopic (exact) mass is 60.0 g/mol. The van der Waals surface area contributed by atoms with Crippen LogP contribution in [-0.2, 0) is 4.65 Å². The van der Waals surface area contributed by atoms with E-state index in [-0.39, 0.29) is 7.69 Å². The molecule has 24 valence electrons. The zero-order valence-corrected chi connectivity index (χ0v) is 2.56. The van der Waals surface area contributed by atoms with Crippen molar-refractivity contribution in [3.8, 4) is 0 Å². The molecule has 0 aliphatic heterocycles. The first-order valence-electron chi connectivity index (χ1n) is 1.01. The zero-order valence-electron chi connectivity index (χ0n) is 2.56. The molecular formula is CH5BO2. The summed E-state index contributed by atoms with van der Waals surface area (Å²) in [5.41, 5.74) is 0. The third-order valence-corrected chi connectivity index (χ3v) is 0.129. The van der Waals surface area contributed by atoms with Crippen molar-refractivity contribution in [2.75, 3.05) is 7.11 Å². The molecule has 0 aromatic heterocycles. The highest BCUT2D eigenvalue weighted by molar-refractivity contribution is 6.15. The van der Waals surface area contributed by atoms with Gasteiger partial charge in [0.1, 0.15) is 0 Å². The number of rotatable bonds is 1. The maximum atomic E-state index is 7.65. The average Bonchev–Trinajstić information content (AvgIpc) is 1.37. The van der Waals surface area contributed by atoms with Gasteiger partial charge in [-0.2, -0.15) is 0 Å². The molecule has 0 spiro atoms. The minimum atomic E-state index is -0.181. The minimum absolute atomic E-state index is 0.181. The van der Waals surface area contributed by atoms with Crippen molar-refractivity contribution in [3.63, 3.8) is 0 Å². The lowest BCUT2D eigenvalue weighted by atomic mass is 10.4. The van der Waals surface area contributed by atoms with Crippen LogP contribution in [0.1, 0.15) is 0 Å². The molecule has 0 bridgehead atoms. The summed E-state index contributed by atoms with van der Waals surface area (Å²) in [7, 11) is 1.25. The molecule has 0 fully saturated rings. The molecule has 0 aromatic carbocycles. The summed E-state index contributed by atoms with van der Waals surface area (Å²) < 4.78 is 4.10. The Morgan fingerprint density at radius 3 is 2.25 bits per heavy atom. The molecule has 0 heterocycles. The van der Waals surface area contributed by atoms with Crippen LogP contribution in [0.5, 0.6) is 0 Å². The van der Waals surface area contributed by atoms with Gasteiger partial charge in [0.2, 0.25) is 0 Å². The van der Waals surface area contributed by atoms with Crippen LogP contribution in [0, 0.1) is 0 Å². The van der Waals surface area contributed by atoms with Crippen LogP contribution in [0.3, 0.4) is 0 Å². The fourth-order valence-electron chi connectivity index (χ4n) is 0. The molecule has 0 unspecified atom stereocenters. The smallest absolute Gasteiger partial charge is 0.430 e. The van der Waals surface area contributed by atoms with E-state index in [4.69, 9.17) is 5.02 Å². The van der Waals surface area contributed by atoms with E-state index in [1.807, 2.05) is 0 Å². The summed E-state index contributed by atoms with van der Waals surface area (Å²) in [5.74, 6) is 0. The molecule has 0 saturated heterocycles. The molecule has 1 N–H and O–H groups in total. The molecule has 3 heteroatoms. The topological polar surface area (TPSA) is 29.5 Å². The van der Waals surface area contributed by atoms with Crippen molar-refractivity contribution in [1.29, 1.82) is 0 Å². The van der Waals surface area contributed by atoms with Gasteiger partial charge in [0.05, 0.1) is 0 Å². The summed E-state index contributed by atoms with van der Waals surface area (Å²) in [4.78, 5) is 0. The normalized spacial score (nSPS) is 6.50. The molecular weight excluding hydrogens is 54.8 g/mol. The van der Waals surface area contributed by atoms with Crippen molar-refractivity contribution in [1.82, 2.24) is 0 Å². The molecule has 0 aromatic rings. The standard InChI is InChI=1S/CH5BO2/c1-4-2-3/h2-3H,1H3. The highest BCUT2D eigenvalue weighted by Gasteiger charge is 1.63. The fraction of sp³-hybridized carbons (Fsp3) is 1.00. The summed E-state index contributed by atoms with van der Waals surface area (Å²) in [5, 5.41) is 7.65. The van der Waals surface area contributed by atoms with Crippen molar-refractivity contribution in [3.05, 3.63) is 0 Å². The van der Waals surface area contributed by atoms with Crippen LogP contribution in [0.4, 0.5) is 0 Å². The summed E-state index contributed by atoms with van der Waals surface area (Å²) in [6.45, 7) is 0. The first-order chi connectivity index (χ1) is 1.91. The Kier molecular flexibility index (Phi) is 2.97. The van der Waals surface area contributed by atoms with Gasteiger partial charge in [-0.1, -0.05) is 0 Å². The second-order valence-corrected chi connectivity index (χ2v) is 0.418. The number of hydrogen-bond acceptors (Lipinski definition) is 2. The lowest BCUT2D eigenvalue weighted by Gasteiger charge is -1.72. The quantitative estimate of drug-likeness (QED) is 0.389. The van der Waals surface area contributed by atoms with Gasteiger partial charge in [-0.25, -0.2) is 0 Å². The maximum Gasteiger partial charge on any atom is 0.435 e. The predicted octanol–water partition coefficient (Wildman–Crippen LogP) is -1.11. The lowest BCUT2D eigenvalue weighted by molar-refractivity contribution is 0.360. The first kappa shape index (κ1) is 3.98. The molecule has 2 nitrogen and oxygen atoms in total. The van der Waals surface area contributed by atoms with Crippen LogP contribution in [0.25, 0.3) is 0 Å². The Hall–Kier alpha value is -0.0151. The molecule has 0 aliphatic rings. The molecule has 0 rings (SSSR count). The van der Waals surface area contributed by atoms with E-state index in [1.54, 1.807) is 0 Å². The molecule has 0 amide bonds. The van der Waals surface area contributed by atoms with Gasteiger partial charge in [0.25, 0.3) is 0 Å². The van der Waals surface area contributed by atoms with Crippen molar-refractivity contribution >= 4 is 7.69 Å². The molecule has 0 atom stereocenters. The van der Waals surface area contributed by atoms with Gasteiger partial charge in [-0.3, -0.25) is 0 Å². The second-order valence-electron chi connectivity index (χ2n) is 0.418. The fourth-order valence-corrected chi connectivity index (χ4v) is 0. The van der Waals surface area contributed by atoms with E-state index in [0.717, 1.165) is 0 Å². The molecule has 4 heavy (non-hydrogen) atoms. The Labute approximate surface area is 25.7 Å². The average molecular weight is 59.9 g/mol. The van der Waals surface area contributed by atoms with E-state index in [0.29, 0.717) is 0 Å². The van der Waals surface area contributed by atoms with Gasteiger partial charge < -0.3 is 9.68 Å². The second kappa shape index (κ2) is 2.98. The molecule has 0 radical (unpaired) electrons. The SMILES string of the molecule is COBO. The van der Waals surface area contributed by atoms with Gasteiger partial charge in [-0.15, -0.1) is 0 Å². The van der Waals surface area contributed by atoms with Crippen LogP contribution < -0.4 is 0 Å². The largest absolute Gasteiger partial charge is 0.435 e. The van der Waals surface area contributed by atoms with Gasteiger partial charge >= 0.3 is 7.69 Å². The highest BCUT2D eigenvalue weighted by Crippen LogP contribution is 1.40. The van der Waals surface area contributed by atoms with Gasteiger partial charge in [-0.05, 0) is 0 Å². The van der Waals surface area contributed by atoms with Crippen molar-refractivity contribution < 1.29 is 9.68 Å². The van der Waals surface area contributed by atoms with Crippen LogP contribution >= 0.6 is 0 Å². The van der Waals surface area contributed by atoms with E-state index in [9.17, 15) is 0 Å². The highest BCUT2D eigenvalue weighted by atomic mass is 16.5. The Bertz CT molecular complexity index is 8.00. The Balaban J connectivity index is 1.97. The van der Waals surface area contributed by atoms with Crippen molar-refractivity contribution in [2.24, 2.45) is 0 Å². The van der Waals surface area contributed by atoms with Gasteiger partial charge in [0, 0.05) is 7.11 Å². The van der Waals surface area contributed by atoms with Gasteiger partial charge in [0.15, 0.2) is 0 Å². The van der Waals surface area contributed by atoms with Crippen molar-refractivity contribution in [2.45, 2.75) is 0 Å². The summed E-state index contributed by atoms with van der Waals surface area (Å²) in [6.07, 6.45) is 0. The minimum Gasteiger partial charge on any atom is -0.430 e. The van der Waals surface area contributed by atoms with Crippen LogP contribution in [0.15, 0.2) is 0 Å². The lowest BCUT2D eigenvalue weighted by Crippen LogP contribution is -1.86. The Morgan fingerprint density at radius 1 is 2.00 bits per heavy atom. The zero-order chi connectivity index (χ0) is 3.41. The van der Waals surface area contributed by atoms with E-state index >= 15 is 0 Å². The third kappa shape index (κ3) is 1.98. The van der Waals surface area contributed by atoms with E-state index in [2.05, 4.69) is 4.65 Å². The predicted molar refractivity (Wildman–Crippen MR) is 16.4 cm³/mol.